The van der Waals surface area contributed by atoms with E-state index in [1.165, 1.54) is 14.2 Å². The molecule has 0 aliphatic carbocycles. The van der Waals surface area contributed by atoms with Gasteiger partial charge < -0.3 is 20.1 Å². The van der Waals surface area contributed by atoms with Crippen LogP contribution in [-0.4, -0.2) is 37.3 Å². The molecule has 1 rings (SSSR count). The van der Waals surface area contributed by atoms with E-state index in [4.69, 9.17) is 17.0 Å². The van der Waals surface area contributed by atoms with Crippen LogP contribution in [0.3, 0.4) is 0 Å². The van der Waals surface area contributed by atoms with Crippen molar-refractivity contribution in [3.05, 3.63) is 29.3 Å². The molecule has 0 saturated carbocycles. The highest BCUT2D eigenvalue weighted by Crippen LogP contribution is 2.22. The SMILES string of the molecule is CCc1cccc(CC)c1NC(=S)N[C@@H](CCC(=O)OC)C(=O)OC. The van der Waals surface area contributed by atoms with Crippen LogP contribution in [0.1, 0.15) is 37.8 Å². The first-order valence-corrected chi connectivity index (χ1v) is 8.70. The summed E-state index contributed by atoms with van der Waals surface area (Å²) in [5.74, 6) is -0.869. The van der Waals surface area contributed by atoms with E-state index in [0.29, 0.717) is 5.11 Å². The van der Waals surface area contributed by atoms with Gasteiger partial charge in [-0.05, 0) is 42.6 Å². The number of anilines is 1. The first kappa shape index (κ1) is 20.9. The second kappa shape index (κ2) is 10.7. The third-order valence-corrected chi connectivity index (χ3v) is 4.11. The van der Waals surface area contributed by atoms with Crippen LogP contribution in [0.15, 0.2) is 18.2 Å². The highest BCUT2D eigenvalue weighted by molar-refractivity contribution is 7.80. The van der Waals surface area contributed by atoms with Gasteiger partial charge in [0.2, 0.25) is 0 Å². The molecule has 25 heavy (non-hydrogen) atoms. The van der Waals surface area contributed by atoms with E-state index in [0.717, 1.165) is 29.7 Å². The van der Waals surface area contributed by atoms with Crippen molar-refractivity contribution < 1.29 is 19.1 Å². The van der Waals surface area contributed by atoms with E-state index in [-0.39, 0.29) is 18.8 Å². The number of esters is 2. The second-order valence-electron chi connectivity index (χ2n) is 5.45. The Hall–Kier alpha value is -2.15. The number of hydrogen-bond acceptors (Lipinski definition) is 5. The van der Waals surface area contributed by atoms with Crippen LogP contribution in [0.25, 0.3) is 0 Å². The maximum atomic E-state index is 11.9. The van der Waals surface area contributed by atoms with Crippen molar-refractivity contribution in [3.63, 3.8) is 0 Å². The summed E-state index contributed by atoms with van der Waals surface area (Å²) in [6.07, 6.45) is 2.05. The lowest BCUT2D eigenvalue weighted by Crippen LogP contribution is -2.44. The standard InChI is InChI=1S/C18H26N2O4S/c1-5-12-8-7-9-13(6-2)16(12)20-18(25)19-14(17(22)24-4)10-11-15(21)23-3/h7-9,14H,5-6,10-11H2,1-4H3,(H2,19,20,25)/t14-/m0/s1. The smallest absolute Gasteiger partial charge is 0.328 e. The fraction of sp³-hybridized carbons (Fsp3) is 0.500. The highest BCUT2D eigenvalue weighted by atomic mass is 32.1. The number of nitrogens with one attached hydrogen (secondary N) is 2. The number of thiocarbonyl (C=S) groups is 1. The number of methoxy groups -OCH3 is 2. The molecule has 0 aliphatic rings. The summed E-state index contributed by atoms with van der Waals surface area (Å²) in [4.78, 5) is 23.2. The maximum Gasteiger partial charge on any atom is 0.328 e. The molecule has 0 radical (unpaired) electrons. The van der Waals surface area contributed by atoms with Gasteiger partial charge in [0.25, 0.3) is 0 Å². The normalized spacial score (nSPS) is 11.4. The highest BCUT2D eigenvalue weighted by Gasteiger charge is 2.22. The minimum absolute atomic E-state index is 0.0949. The molecule has 7 heteroatoms. The predicted molar refractivity (Wildman–Crippen MR) is 102 cm³/mol. The van der Waals surface area contributed by atoms with Gasteiger partial charge in [-0.3, -0.25) is 4.79 Å². The zero-order valence-corrected chi connectivity index (χ0v) is 16.0. The Morgan fingerprint density at radius 2 is 1.72 bits per heavy atom. The minimum Gasteiger partial charge on any atom is -0.469 e. The van der Waals surface area contributed by atoms with Gasteiger partial charge in [-0.25, -0.2) is 4.79 Å². The van der Waals surface area contributed by atoms with E-state index in [1.807, 2.05) is 18.2 Å². The molecule has 0 spiro atoms. The van der Waals surface area contributed by atoms with Crippen molar-refractivity contribution in [1.82, 2.24) is 5.32 Å². The lowest BCUT2D eigenvalue weighted by atomic mass is 10.0. The maximum absolute atomic E-state index is 11.9. The topological polar surface area (TPSA) is 76.7 Å². The van der Waals surface area contributed by atoms with Gasteiger partial charge in [0, 0.05) is 12.1 Å². The number of benzene rings is 1. The van der Waals surface area contributed by atoms with E-state index in [9.17, 15) is 9.59 Å². The quantitative estimate of drug-likeness (QED) is 0.541. The van der Waals surface area contributed by atoms with Crippen molar-refractivity contribution in [1.29, 1.82) is 0 Å². The van der Waals surface area contributed by atoms with Crippen LogP contribution < -0.4 is 10.6 Å². The Kier molecular flexibility index (Phi) is 8.91. The van der Waals surface area contributed by atoms with Gasteiger partial charge >= 0.3 is 11.9 Å². The van der Waals surface area contributed by atoms with E-state index >= 15 is 0 Å². The molecule has 138 valence electrons. The number of hydrogen-bond donors (Lipinski definition) is 2. The first-order valence-electron chi connectivity index (χ1n) is 8.29. The molecule has 1 aromatic carbocycles. The van der Waals surface area contributed by atoms with Crippen molar-refractivity contribution in [2.75, 3.05) is 19.5 Å². The van der Waals surface area contributed by atoms with E-state index < -0.39 is 12.0 Å². The molecule has 1 aromatic rings. The van der Waals surface area contributed by atoms with Gasteiger partial charge in [-0.1, -0.05) is 32.0 Å². The molecule has 1 atom stereocenters. The van der Waals surface area contributed by atoms with Crippen LogP contribution in [-0.2, 0) is 31.9 Å². The summed E-state index contributed by atoms with van der Waals surface area (Å²) in [7, 11) is 2.61. The summed E-state index contributed by atoms with van der Waals surface area (Å²) < 4.78 is 9.39. The third-order valence-electron chi connectivity index (χ3n) is 3.89. The summed E-state index contributed by atoms with van der Waals surface area (Å²) in [6, 6.07) is 5.38. The van der Waals surface area contributed by atoms with Crippen molar-refractivity contribution in [2.45, 2.75) is 45.6 Å². The Morgan fingerprint density at radius 1 is 1.12 bits per heavy atom. The van der Waals surface area contributed by atoms with E-state index in [1.54, 1.807) is 0 Å². The molecule has 6 nitrogen and oxygen atoms in total. The zero-order chi connectivity index (χ0) is 18.8. The van der Waals surface area contributed by atoms with Crippen LogP contribution in [0.2, 0.25) is 0 Å². The number of ether oxygens (including phenoxy) is 2. The van der Waals surface area contributed by atoms with Gasteiger partial charge in [-0.2, -0.15) is 0 Å². The predicted octanol–water partition coefficient (Wildman–Crippen LogP) is 2.59. The van der Waals surface area contributed by atoms with Gasteiger partial charge in [0.15, 0.2) is 5.11 Å². The summed E-state index contributed by atoms with van der Waals surface area (Å²) in [6.45, 7) is 4.15. The van der Waals surface area contributed by atoms with E-state index in [2.05, 4.69) is 29.2 Å². The Bertz CT molecular complexity index is 597. The van der Waals surface area contributed by atoms with Crippen molar-refractivity contribution >= 4 is 35.0 Å². The number of carbonyl (C=O) groups is 2. The Balaban J connectivity index is 2.84. The monoisotopic (exact) mass is 366 g/mol. The molecule has 0 bridgehead atoms. The molecular weight excluding hydrogens is 340 g/mol. The van der Waals surface area contributed by atoms with Crippen LogP contribution >= 0.6 is 12.2 Å². The summed E-state index contributed by atoms with van der Waals surface area (Å²) in [5, 5.41) is 6.44. The molecule has 0 aromatic heterocycles. The molecule has 0 heterocycles. The number of aryl methyl sites for hydroxylation is 2. The molecule has 0 amide bonds. The summed E-state index contributed by atoms with van der Waals surface area (Å²) >= 11 is 5.36. The molecule has 0 fully saturated rings. The van der Waals surface area contributed by atoms with Crippen LogP contribution in [0, 0.1) is 0 Å². The molecule has 0 saturated heterocycles. The fourth-order valence-electron chi connectivity index (χ4n) is 2.47. The number of para-hydroxylation sites is 1. The van der Waals surface area contributed by atoms with Crippen LogP contribution in [0.4, 0.5) is 5.69 Å². The lowest BCUT2D eigenvalue weighted by Gasteiger charge is -2.21. The second-order valence-corrected chi connectivity index (χ2v) is 5.86. The molecule has 2 N–H and O–H groups in total. The molecule has 0 unspecified atom stereocenters. The number of carbonyl (C=O) groups excluding carboxylic acids is 2. The zero-order valence-electron chi connectivity index (χ0n) is 15.2. The Labute approximate surface area is 154 Å². The average Bonchev–Trinajstić information content (AvgIpc) is 2.63. The van der Waals surface area contributed by atoms with Crippen LogP contribution in [0.5, 0.6) is 0 Å². The largest absolute Gasteiger partial charge is 0.469 e. The summed E-state index contributed by atoms with van der Waals surface area (Å²) in [5.41, 5.74) is 3.25. The fourth-order valence-corrected chi connectivity index (χ4v) is 2.71. The third kappa shape index (κ3) is 6.34. The minimum atomic E-state index is -0.719. The molecule has 0 aliphatic heterocycles. The molecular formula is C18H26N2O4S. The average molecular weight is 366 g/mol. The first-order chi connectivity index (χ1) is 12.0. The van der Waals surface area contributed by atoms with Gasteiger partial charge in [0.1, 0.15) is 6.04 Å². The number of rotatable bonds is 8. The van der Waals surface area contributed by atoms with Gasteiger partial charge in [0.05, 0.1) is 14.2 Å². The lowest BCUT2D eigenvalue weighted by molar-refractivity contribution is -0.144. The van der Waals surface area contributed by atoms with Crippen molar-refractivity contribution in [2.24, 2.45) is 0 Å². The van der Waals surface area contributed by atoms with Crippen molar-refractivity contribution in [3.8, 4) is 0 Å². The van der Waals surface area contributed by atoms with Gasteiger partial charge in [-0.15, -0.1) is 0 Å². The Morgan fingerprint density at radius 3 is 2.20 bits per heavy atom.